The van der Waals surface area contributed by atoms with Crippen molar-refractivity contribution >= 4 is 31.9 Å². The van der Waals surface area contributed by atoms with Crippen molar-refractivity contribution in [3.8, 4) is 22.6 Å². The molecule has 0 heterocycles. The molecule has 1 aliphatic rings. The molecule has 0 spiro atoms. The van der Waals surface area contributed by atoms with E-state index in [1.807, 2.05) is 12.1 Å². The molecule has 0 aromatic heterocycles. The molecular formula is C19H12Br2O2. The number of benzene rings is 3. The van der Waals surface area contributed by atoms with E-state index in [1.165, 1.54) is 17.2 Å². The maximum Gasteiger partial charge on any atom is 0.123 e. The van der Waals surface area contributed by atoms with Gasteiger partial charge in [0.25, 0.3) is 0 Å². The number of hydrogen-bond donors (Lipinski definition) is 2. The highest BCUT2D eigenvalue weighted by molar-refractivity contribution is 9.10. The van der Waals surface area contributed by atoms with Gasteiger partial charge in [-0.2, -0.15) is 0 Å². The zero-order valence-electron chi connectivity index (χ0n) is 11.9. The second-order valence-electron chi connectivity index (χ2n) is 5.64. The van der Waals surface area contributed by atoms with E-state index in [9.17, 15) is 10.2 Å². The van der Waals surface area contributed by atoms with Crippen LogP contribution < -0.4 is 0 Å². The van der Waals surface area contributed by atoms with Gasteiger partial charge >= 0.3 is 0 Å². The van der Waals surface area contributed by atoms with Crippen molar-refractivity contribution in [3.63, 3.8) is 0 Å². The quantitative estimate of drug-likeness (QED) is 0.400. The predicted octanol–water partition coefficient (Wildman–Crippen LogP) is 5.78. The Hall–Kier alpha value is -1.78. The van der Waals surface area contributed by atoms with E-state index < -0.39 is 0 Å². The standard InChI is InChI=1S/C19H12Br2O2/c20-10-1-4-13-14-5-2-11(21)8-17(14)19(16(13)7-10)15-6-3-12(22)9-18(15)23/h1-9,19,22-23H. The second kappa shape index (κ2) is 5.39. The van der Waals surface area contributed by atoms with Gasteiger partial charge in [0.1, 0.15) is 11.5 Å². The Morgan fingerprint density at radius 2 is 1.22 bits per heavy atom. The summed E-state index contributed by atoms with van der Waals surface area (Å²) < 4.78 is 2.01. The number of halogens is 2. The van der Waals surface area contributed by atoms with E-state index in [1.54, 1.807) is 12.1 Å². The van der Waals surface area contributed by atoms with E-state index in [-0.39, 0.29) is 17.4 Å². The third kappa shape index (κ3) is 2.37. The lowest BCUT2D eigenvalue weighted by molar-refractivity contribution is 0.445. The van der Waals surface area contributed by atoms with E-state index in [2.05, 4.69) is 56.1 Å². The molecule has 0 saturated heterocycles. The van der Waals surface area contributed by atoms with E-state index in [4.69, 9.17) is 0 Å². The molecular weight excluding hydrogens is 420 g/mol. The van der Waals surface area contributed by atoms with Gasteiger partial charge in [0, 0.05) is 26.5 Å². The van der Waals surface area contributed by atoms with Crippen molar-refractivity contribution in [1.82, 2.24) is 0 Å². The first-order chi connectivity index (χ1) is 11.0. The Morgan fingerprint density at radius 1 is 0.652 bits per heavy atom. The van der Waals surface area contributed by atoms with Gasteiger partial charge in [-0.15, -0.1) is 0 Å². The van der Waals surface area contributed by atoms with Crippen LogP contribution in [-0.2, 0) is 0 Å². The zero-order valence-corrected chi connectivity index (χ0v) is 15.1. The SMILES string of the molecule is Oc1ccc(C2c3cc(Br)ccc3-c3ccc(Br)cc32)c(O)c1. The van der Waals surface area contributed by atoms with Crippen molar-refractivity contribution < 1.29 is 10.2 Å². The first kappa shape index (κ1) is 14.8. The van der Waals surface area contributed by atoms with E-state index >= 15 is 0 Å². The van der Waals surface area contributed by atoms with Crippen LogP contribution in [0.3, 0.4) is 0 Å². The van der Waals surface area contributed by atoms with Crippen LogP contribution in [0.1, 0.15) is 22.6 Å². The monoisotopic (exact) mass is 430 g/mol. The third-order valence-corrected chi connectivity index (χ3v) is 5.25. The van der Waals surface area contributed by atoms with E-state index in [0.717, 1.165) is 25.6 Å². The number of hydrogen-bond acceptors (Lipinski definition) is 2. The van der Waals surface area contributed by atoms with Crippen LogP contribution in [0.15, 0.2) is 63.5 Å². The molecule has 0 fully saturated rings. The smallest absolute Gasteiger partial charge is 0.123 e. The number of phenols is 2. The van der Waals surface area contributed by atoms with Gasteiger partial charge in [0.2, 0.25) is 0 Å². The Kier molecular flexibility index (Phi) is 3.47. The molecule has 0 aliphatic heterocycles. The molecule has 2 nitrogen and oxygen atoms in total. The molecule has 0 radical (unpaired) electrons. The first-order valence-electron chi connectivity index (χ1n) is 7.16. The van der Waals surface area contributed by atoms with Gasteiger partial charge in [-0.3, -0.25) is 0 Å². The highest BCUT2D eigenvalue weighted by atomic mass is 79.9. The molecule has 4 heteroatoms. The zero-order chi connectivity index (χ0) is 16.1. The molecule has 114 valence electrons. The average Bonchev–Trinajstić information content (AvgIpc) is 2.80. The Balaban J connectivity index is 2.03. The van der Waals surface area contributed by atoms with Crippen LogP contribution in [-0.4, -0.2) is 10.2 Å². The Morgan fingerprint density at radius 3 is 1.74 bits per heavy atom. The third-order valence-electron chi connectivity index (χ3n) is 4.26. The minimum Gasteiger partial charge on any atom is -0.508 e. The van der Waals surface area contributed by atoms with Crippen LogP contribution in [0, 0.1) is 0 Å². The number of phenolic OH excluding ortho intramolecular Hbond substituents is 2. The summed E-state index contributed by atoms with van der Waals surface area (Å²) in [6, 6.07) is 17.3. The molecule has 0 amide bonds. The van der Waals surface area contributed by atoms with Gasteiger partial charge in [-0.1, -0.05) is 50.1 Å². The van der Waals surface area contributed by atoms with Gasteiger partial charge in [-0.05, 0) is 52.6 Å². The number of fused-ring (bicyclic) bond motifs is 3. The van der Waals surface area contributed by atoms with Gasteiger partial charge in [0.05, 0.1) is 0 Å². The molecule has 0 saturated carbocycles. The molecule has 1 aliphatic carbocycles. The molecule has 4 rings (SSSR count). The molecule has 3 aromatic rings. The average molecular weight is 432 g/mol. The van der Waals surface area contributed by atoms with Gasteiger partial charge < -0.3 is 10.2 Å². The minimum absolute atomic E-state index is 0.0596. The molecule has 0 bridgehead atoms. The summed E-state index contributed by atoms with van der Waals surface area (Å²) in [5.41, 5.74) is 5.43. The van der Waals surface area contributed by atoms with Crippen molar-refractivity contribution in [2.24, 2.45) is 0 Å². The fourth-order valence-electron chi connectivity index (χ4n) is 3.31. The maximum atomic E-state index is 10.4. The summed E-state index contributed by atoms with van der Waals surface area (Å²) in [7, 11) is 0. The summed E-state index contributed by atoms with van der Waals surface area (Å²) in [6.07, 6.45) is 0. The summed E-state index contributed by atoms with van der Waals surface area (Å²) >= 11 is 7.09. The number of aromatic hydroxyl groups is 2. The van der Waals surface area contributed by atoms with Crippen molar-refractivity contribution in [1.29, 1.82) is 0 Å². The van der Waals surface area contributed by atoms with Crippen LogP contribution >= 0.6 is 31.9 Å². The van der Waals surface area contributed by atoms with Crippen LogP contribution in [0.4, 0.5) is 0 Å². The lowest BCUT2D eigenvalue weighted by atomic mass is 9.89. The van der Waals surface area contributed by atoms with Crippen LogP contribution in [0.25, 0.3) is 11.1 Å². The van der Waals surface area contributed by atoms with E-state index in [0.29, 0.717) is 0 Å². The fraction of sp³-hybridized carbons (Fsp3) is 0.0526. The van der Waals surface area contributed by atoms with Gasteiger partial charge in [-0.25, -0.2) is 0 Å². The molecule has 0 unspecified atom stereocenters. The van der Waals surface area contributed by atoms with Crippen LogP contribution in [0.5, 0.6) is 11.5 Å². The number of rotatable bonds is 1. The Bertz CT molecular complexity index is 883. The molecule has 23 heavy (non-hydrogen) atoms. The molecule has 3 aromatic carbocycles. The highest BCUT2D eigenvalue weighted by Gasteiger charge is 2.31. The second-order valence-corrected chi connectivity index (χ2v) is 7.47. The maximum absolute atomic E-state index is 10.4. The van der Waals surface area contributed by atoms with Crippen molar-refractivity contribution in [2.45, 2.75) is 5.92 Å². The molecule has 2 N–H and O–H groups in total. The summed E-state index contributed by atoms with van der Waals surface area (Å²) in [5, 5.41) is 19.9. The summed E-state index contributed by atoms with van der Waals surface area (Å²) in [5.74, 6) is 0.109. The fourth-order valence-corrected chi connectivity index (χ4v) is 4.07. The lowest BCUT2D eigenvalue weighted by Crippen LogP contribution is -1.99. The largest absolute Gasteiger partial charge is 0.508 e. The predicted molar refractivity (Wildman–Crippen MR) is 98.0 cm³/mol. The lowest BCUT2D eigenvalue weighted by Gasteiger charge is -2.16. The first-order valence-corrected chi connectivity index (χ1v) is 8.74. The van der Waals surface area contributed by atoms with Crippen LogP contribution in [0.2, 0.25) is 0 Å². The summed E-state index contributed by atoms with van der Waals surface area (Å²) in [4.78, 5) is 0. The molecule has 0 atom stereocenters. The van der Waals surface area contributed by atoms with Gasteiger partial charge in [0.15, 0.2) is 0 Å². The normalized spacial score (nSPS) is 13.0. The summed E-state index contributed by atoms with van der Waals surface area (Å²) in [6.45, 7) is 0. The van der Waals surface area contributed by atoms with Crippen molar-refractivity contribution in [3.05, 3.63) is 80.2 Å². The topological polar surface area (TPSA) is 40.5 Å². The highest BCUT2D eigenvalue weighted by Crippen LogP contribution is 2.51. The Labute approximate surface area is 150 Å². The minimum atomic E-state index is -0.0596. The van der Waals surface area contributed by atoms with Crippen molar-refractivity contribution in [2.75, 3.05) is 0 Å².